The van der Waals surface area contributed by atoms with Crippen LogP contribution in [-0.2, 0) is 0 Å². The Kier molecular flexibility index (Phi) is 2.45. The molecule has 1 aromatic rings. The van der Waals surface area contributed by atoms with Gasteiger partial charge in [-0.25, -0.2) is 9.37 Å². The summed E-state index contributed by atoms with van der Waals surface area (Å²) in [6, 6.07) is 1.23. The van der Waals surface area contributed by atoms with E-state index in [1.54, 1.807) is 0 Å². The van der Waals surface area contributed by atoms with Crippen LogP contribution in [0, 0.1) is 9.52 Å². The number of aromatic nitrogens is 1. The number of rotatable bonds is 0. The Labute approximate surface area is 79.3 Å². The Hall–Kier alpha value is 0.0900. The fourth-order valence-corrected chi connectivity index (χ4v) is 1.48. The van der Waals surface area contributed by atoms with Gasteiger partial charge in [-0.1, -0.05) is 0 Å². The quantitative estimate of drug-likeness (QED) is 0.588. The van der Waals surface area contributed by atoms with Gasteiger partial charge in [0.05, 0.1) is 5.69 Å². The number of nitrogen functional groups attached to an aromatic ring is 1. The van der Waals surface area contributed by atoms with Crippen LogP contribution in [-0.4, -0.2) is 4.98 Å². The van der Waals surface area contributed by atoms with Crippen LogP contribution in [0.2, 0.25) is 0 Å². The predicted octanol–water partition coefficient (Wildman–Crippen LogP) is 2.17. The normalized spacial score (nSPS) is 9.90. The molecule has 0 fully saturated rings. The van der Waals surface area contributed by atoms with Crippen LogP contribution in [0.3, 0.4) is 0 Å². The predicted molar refractivity (Wildman–Crippen MR) is 49.0 cm³/mol. The first-order valence-electron chi connectivity index (χ1n) is 2.38. The fraction of sp³-hybridized carbons (Fsp3) is 0. The minimum absolute atomic E-state index is 0.200. The summed E-state index contributed by atoms with van der Waals surface area (Å²) in [6.45, 7) is 0. The molecule has 1 aromatic heterocycles. The van der Waals surface area contributed by atoms with Crippen molar-refractivity contribution in [1.29, 1.82) is 0 Å². The first kappa shape index (κ1) is 8.19. The summed E-state index contributed by atoms with van der Waals surface area (Å²) in [5.41, 5.74) is 5.72. The van der Waals surface area contributed by atoms with Crippen molar-refractivity contribution in [2.45, 2.75) is 0 Å². The van der Waals surface area contributed by atoms with Crippen molar-refractivity contribution in [2.75, 3.05) is 5.73 Å². The van der Waals surface area contributed by atoms with Crippen molar-refractivity contribution in [3.8, 4) is 0 Å². The van der Waals surface area contributed by atoms with Crippen molar-refractivity contribution < 1.29 is 4.39 Å². The van der Waals surface area contributed by atoms with Crippen molar-refractivity contribution in [3.05, 3.63) is 20.2 Å². The van der Waals surface area contributed by atoms with Gasteiger partial charge in [-0.2, -0.15) is 0 Å². The maximum Gasteiger partial charge on any atom is 0.158 e. The number of hydrogen-bond donors (Lipinski definition) is 1. The van der Waals surface area contributed by atoms with Gasteiger partial charge in [0, 0.05) is 6.07 Å². The van der Waals surface area contributed by atoms with Gasteiger partial charge in [0.25, 0.3) is 0 Å². The molecular formula is C5H3BrFIN2. The van der Waals surface area contributed by atoms with Gasteiger partial charge in [0.2, 0.25) is 0 Å². The molecule has 10 heavy (non-hydrogen) atoms. The third kappa shape index (κ3) is 1.57. The molecule has 0 aliphatic heterocycles. The molecule has 0 aliphatic rings. The molecule has 2 N–H and O–H groups in total. The molecule has 0 bridgehead atoms. The summed E-state index contributed by atoms with van der Waals surface area (Å²) < 4.78 is 13.4. The van der Waals surface area contributed by atoms with E-state index in [0.29, 0.717) is 9.39 Å². The van der Waals surface area contributed by atoms with Crippen LogP contribution < -0.4 is 5.73 Å². The topological polar surface area (TPSA) is 38.9 Å². The van der Waals surface area contributed by atoms with E-state index in [9.17, 15) is 4.39 Å². The highest BCUT2D eigenvalue weighted by Gasteiger charge is 2.03. The SMILES string of the molecule is Nc1cc(F)c(Br)nc1I. The molecule has 5 heteroatoms. The fourth-order valence-electron chi connectivity index (χ4n) is 0.460. The molecule has 0 saturated heterocycles. The Morgan fingerprint density at radius 1 is 1.70 bits per heavy atom. The molecule has 0 unspecified atom stereocenters. The monoisotopic (exact) mass is 316 g/mol. The highest BCUT2D eigenvalue weighted by atomic mass is 127. The molecule has 2 nitrogen and oxygen atoms in total. The molecule has 54 valence electrons. The lowest BCUT2D eigenvalue weighted by molar-refractivity contribution is 0.613. The summed E-state index contributed by atoms with van der Waals surface area (Å²) in [5.74, 6) is -0.432. The number of anilines is 1. The van der Waals surface area contributed by atoms with Gasteiger partial charge in [-0.3, -0.25) is 0 Å². The molecule has 0 amide bonds. The van der Waals surface area contributed by atoms with Crippen LogP contribution in [0.4, 0.5) is 10.1 Å². The van der Waals surface area contributed by atoms with Gasteiger partial charge in [-0.15, -0.1) is 0 Å². The molecule has 0 radical (unpaired) electrons. The molecule has 0 atom stereocenters. The van der Waals surface area contributed by atoms with E-state index < -0.39 is 5.82 Å². The van der Waals surface area contributed by atoms with Crippen LogP contribution in [0.1, 0.15) is 0 Å². The van der Waals surface area contributed by atoms with E-state index in [1.165, 1.54) is 6.07 Å². The second-order valence-electron chi connectivity index (χ2n) is 1.64. The third-order valence-corrected chi connectivity index (χ3v) is 2.33. The van der Waals surface area contributed by atoms with E-state index in [1.807, 2.05) is 22.6 Å². The minimum atomic E-state index is -0.432. The average molecular weight is 317 g/mol. The van der Waals surface area contributed by atoms with Crippen LogP contribution in [0.15, 0.2) is 10.7 Å². The van der Waals surface area contributed by atoms with Crippen molar-refractivity contribution in [2.24, 2.45) is 0 Å². The maximum absolute atomic E-state index is 12.6. The van der Waals surface area contributed by atoms with Crippen LogP contribution in [0.25, 0.3) is 0 Å². The summed E-state index contributed by atoms with van der Waals surface area (Å²) in [5, 5.41) is 0. The standard InChI is InChI=1S/C5H3BrFIN2/c6-4-2(7)1-3(9)5(8)10-4/h1H,9H2. The van der Waals surface area contributed by atoms with Gasteiger partial charge < -0.3 is 5.73 Å². The highest BCUT2D eigenvalue weighted by Crippen LogP contribution is 2.19. The second kappa shape index (κ2) is 3.00. The Morgan fingerprint density at radius 2 is 2.30 bits per heavy atom. The zero-order valence-corrected chi connectivity index (χ0v) is 8.48. The molecule has 1 rings (SSSR count). The van der Waals surface area contributed by atoms with Gasteiger partial charge in [-0.05, 0) is 38.5 Å². The summed E-state index contributed by atoms with van der Waals surface area (Å²) in [4.78, 5) is 3.78. The Balaban J connectivity index is 3.28. The molecular weight excluding hydrogens is 314 g/mol. The van der Waals surface area contributed by atoms with Crippen molar-refractivity contribution in [3.63, 3.8) is 0 Å². The maximum atomic E-state index is 12.6. The summed E-state index contributed by atoms with van der Waals surface area (Å²) in [6.07, 6.45) is 0. The largest absolute Gasteiger partial charge is 0.397 e. The number of nitrogens with zero attached hydrogens (tertiary/aromatic N) is 1. The number of hydrogen-bond acceptors (Lipinski definition) is 2. The first-order valence-corrected chi connectivity index (χ1v) is 4.25. The summed E-state index contributed by atoms with van der Waals surface area (Å²) >= 11 is 4.87. The van der Waals surface area contributed by atoms with E-state index in [-0.39, 0.29) is 4.60 Å². The van der Waals surface area contributed by atoms with Crippen LogP contribution in [0.5, 0.6) is 0 Å². The number of pyridine rings is 1. The first-order chi connectivity index (χ1) is 4.61. The highest BCUT2D eigenvalue weighted by molar-refractivity contribution is 14.1. The number of nitrogens with two attached hydrogens (primary N) is 1. The summed E-state index contributed by atoms with van der Waals surface area (Å²) in [7, 11) is 0. The molecule has 0 aliphatic carbocycles. The van der Waals surface area contributed by atoms with Crippen LogP contribution >= 0.6 is 38.5 Å². The van der Waals surface area contributed by atoms with E-state index in [2.05, 4.69) is 20.9 Å². The average Bonchev–Trinajstić information content (AvgIpc) is 1.84. The molecule has 0 saturated carbocycles. The van der Waals surface area contributed by atoms with E-state index in [4.69, 9.17) is 5.73 Å². The van der Waals surface area contributed by atoms with Gasteiger partial charge >= 0.3 is 0 Å². The van der Waals surface area contributed by atoms with Gasteiger partial charge in [0.15, 0.2) is 5.82 Å². The number of halogens is 3. The van der Waals surface area contributed by atoms with Crippen molar-refractivity contribution in [1.82, 2.24) is 4.98 Å². The third-order valence-electron chi connectivity index (χ3n) is 0.914. The zero-order valence-electron chi connectivity index (χ0n) is 4.74. The second-order valence-corrected chi connectivity index (χ2v) is 3.41. The minimum Gasteiger partial charge on any atom is -0.397 e. The zero-order chi connectivity index (χ0) is 7.72. The van der Waals surface area contributed by atoms with Gasteiger partial charge in [0.1, 0.15) is 8.30 Å². The lowest BCUT2D eigenvalue weighted by Crippen LogP contribution is -1.95. The molecule has 0 spiro atoms. The van der Waals surface area contributed by atoms with E-state index in [0.717, 1.165) is 0 Å². The lowest BCUT2D eigenvalue weighted by Gasteiger charge is -1.97. The molecule has 0 aromatic carbocycles. The van der Waals surface area contributed by atoms with E-state index >= 15 is 0 Å². The lowest BCUT2D eigenvalue weighted by atomic mass is 10.4. The Bertz CT molecular complexity index is 216. The Morgan fingerprint density at radius 3 is 2.80 bits per heavy atom. The molecule has 1 heterocycles. The van der Waals surface area contributed by atoms with Crippen molar-refractivity contribution >= 4 is 44.2 Å². The smallest absolute Gasteiger partial charge is 0.158 e.